The number of hydrogen-bond donors (Lipinski definition) is 3. The standard InChI is InChI=1S/C20H23N3O5/c1-4-28-18-11-14(5-10-17(18)24)12-21-23-20(26)19(25)22-13(2)15-6-8-16(27-3)9-7-15/h5-13,24H,4H2,1-3H3,(H,22,25)(H,23,26)/b21-12-/t13-/m0/s1. The number of hydrogen-bond acceptors (Lipinski definition) is 6. The Morgan fingerprint density at radius 3 is 2.54 bits per heavy atom. The second-order valence-electron chi connectivity index (χ2n) is 5.83. The van der Waals surface area contributed by atoms with Gasteiger partial charge in [-0.15, -0.1) is 0 Å². The zero-order valence-electron chi connectivity index (χ0n) is 15.9. The molecule has 0 heterocycles. The molecule has 2 amide bonds. The fourth-order valence-electron chi connectivity index (χ4n) is 2.34. The Kier molecular flexibility index (Phi) is 7.38. The van der Waals surface area contributed by atoms with Crippen LogP contribution in [0.4, 0.5) is 0 Å². The molecule has 0 saturated carbocycles. The van der Waals surface area contributed by atoms with Gasteiger partial charge in [-0.25, -0.2) is 5.43 Å². The van der Waals surface area contributed by atoms with Crippen LogP contribution in [0.25, 0.3) is 0 Å². The first-order valence-corrected chi connectivity index (χ1v) is 8.68. The van der Waals surface area contributed by atoms with E-state index >= 15 is 0 Å². The van der Waals surface area contributed by atoms with Crippen LogP contribution in [-0.4, -0.2) is 36.9 Å². The van der Waals surface area contributed by atoms with Crippen molar-refractivity contribution in [2.75, 3.05) is 13.7 Å². The van der Waals surface area contributed by atoms with E-state index < -0.39 is 11.8 Å². The summed E-state index contributed by atoms with van der Waals surface area (Å²) in [5.41, 5.74) is 3.59. The summed E-state index contributed by atoms with van der Waals surface area (Å²) in [6.07, 6.45) is 1.35. The molecule has 0 saturated heterocycles. The van der Waals surface area contributed by atoms with E-state index in [1.165, 1.54) is 12.3 Å². The Hall–Kier alpha value is -3.55. The van der Waals surface area contributed by atoms with Crippen LogP contribution in [0, 0.1) is 0 Å². The van der Waals surface area contributed by atoms with Gasteiger partial charge in [0.15, 0.2) is 11.5 Å². The lowest BCUT2D eigenvalue weighted by Crippen LogP contribution is -2.39. The first kappa shape index (κ1) is 20.8. The van der Waals surface area contributed by atoms with Crippen LogP contribution in [0.15, 0.2) is 47.6 Å². The summed E-state index contributed by atoms with van der Waals surface area (Å²) in [6.45, 7) is 3.96. The number of nitrogens with one attached hydrogen (secondary N) is 2. The second-order valence-corrected chi connectivity index (χ2v) is 5.83. The fourth-order valence-corrected chi connectivity index (χ4v) is 2.34. The summed E-state index contributed by atoms with van der Waals surface area (Å²) < 4.78 is 10.4. The maximum absolute atomic E-state index is 12.0. The van der Waals surface area contributed by atoms with Gasteiger partial charge in [0.05, 0.1) is 26.0 Å². The summed E-state index contributed by atoms with van der Waals surface area (Å²) in [6, 6.07) is 11.4. The van der Waals surface area contributed by atoms with Crippen LogP contribution in [0.2, 0.25) is 0 Å². The Labute approximate surface area is 163 Å². The van der Waals surface area contributed by atoms with E-state index in [1.807, 2.05) is 0 Å². The fraction of sp³-hybridized carbons (Fsp3) is 0.250. The molecule has 2 aromatic carbocycles. The van der Waals surface area contributed by atoms with E-state index in [9.17, 15) is 14.7 Å². The van der Waals surface area contributed by atoms with Gasteiger partial charge in [-0.05, 0) is 55.3 Å². The molecule has 0 unspecified atom stereocenters. The highest BCUT2D eigenvalue weighted by Crippen LogP contribution is 2.26. The average molecular weight is 385 g/mol. The molecule has 28 heavy (non-hydrogen) atoms. The van der Waals surface area contributed by atoms with Gasteiger partial charge in [-0.2, -0.15) is 5.10 Å². The van der Waals surface area contributed by atoms with Gasteiger partial charge in [0.25, 0.3) is 0 Å². The summed E-state index contributed by atoms with van der Waals surface area (Å²) in [5.74, 6) is -0.670. The van der Waals surface area contributed by atoms with Crippen molar-refractivity contribution in [2.24, 2.45) is 5.10 Å². The van der Waals surface area contributed by atoms with E-state index in [1.54, 1.807) is 57.4 Å². The van der Waals surface area contributed by atoms with Gasteiger partial charge in [0.2, 0.25) is 0 Å². The SMILES string of the molecule is CCOc1cc(/C=N\NC(=O)C(=O)N[C@@H](C)c2ccc(OC)cc2)ccc1O. The first-order chi connectivity index (χ1) is 13.4. The number of methoxy groups -OCH3 is 1. The molecule has 0 aliphatic carbocycles. The van der Waals surface area contributed by atoms with Crippen molar-refractivity contribution in [3.8, 4) is 17.2 Å². The second kappa shape index (κ2) is 9.96. The molecule has 0 bridgehead atoms. The van der Waals surface area contributed by atoms with Crippen molar-refractivity contribution in [3.05, 3.63) is 53.6 Å². The molecule has 0 spiro atoms. The van der Waals surface area contributed by atoms with Crippen LogP contribution < -0.4 is 20.2 Å². The van der Waals surface area contributed by atoms with Gasteiger partial charge >= 0.3 is 11.8 Å². The van der Waals surface area contributed by atoms with Gasteiger partial charge in [-0.1, -0.05) is 12.1 Å². The molecule has 148 valence electrons. The van der Waals surface area contributed by atoms with Gasteiger partial charge in [0, 0.05) is 0 Å². The lowest BCUT2D eigenvalue weighted by molar-refractivity contribution is -0.139. The van der Waals surface area contributed by atoms with Crippen LogP contribution >= 0.6 is 0 Å². The molecular formula is C20H23N3O5. The van der Waals surface area contributed by atoms with Crippen molar-refractivity contribution < 1.29 is 24.2 Å². The minimum Gasteiger partial charge on any atom is -0.504 e. The zero-order chi connectivity index (χ0) is 20.5. The molecule has 0 aliphatic rings. The number of benzene rings is 2. The van der Waals surface area contributed by atoms with Gasteiger partial charge in [0.1, 0.15) is 5.75 Å². The Bertz CT molecular complexity index is 849. The van der Waals surface area contributed by atoms with Crippen molar-refractivity contribution in [1.82, 2.24) is 10.7 Å². The molecule has 0 aromatic heterocycles. The largest absolute Gasteiger partial charge is 0.504 e. The van der Waals surface area contributed by atoms with Crippen LogP contribution in [0.3, 0.4) is 0 Å². The molecular weight excluding hydrogens is 362 g/mol. The van der Waals surface area contributed by atoms with E-state index in [-0.39, 0.29) is 11.8 Å². The lowest BCUT2D eigenvalue weighted by Gasteiger charge is -2.13. The van der Waals surface area contributed by atoms with E-state index in [0.717, 1.165) is 5.56 Å². The van der Waals surface area contributed by atoms with E-state index in [2.05, 4.69) is 15.8 Å². The number of ether oxygens (including phenoxy) is 2. The highest BCUT2D eigenvalue weighted by atomic mass is 16.5. The highest BCUT2D eigenvalue weighted by Gasteiger charge is 2.16. The van der Waals surface area contributed by atoms with Crippen molar-refractivity contribution in [1.29, 1.82) is 0 Å². The number of nitrogens with zero attached hydrogens (tertiary/aromatic N) is 1. The molecule has 0 aliphatic heterocycles. The van der Waals surface area contributed by atoms with Crippen molar-refractivity contribution >= 4 is 18.0 Å². The molecule has 8 heteroatoms. The zero-order valence-corrected chi connectivity index (χ0v) is 15.9. The van der Waals surface area contributed by atoms with Gasteiger partial charge < -0.3 is 19.9 Å². The summed E-state index contributed by atoms with van der Waals surface area (Å²) in [7, 11) is 1.57. The maximum Gasteiger partial charge on any atom is 0.329 e. The number of carbonyl (C=O) groups excluding carboxylic acids is 2. The molecule has 3 N–H and O–H groups in total. The molecule has 0 fully saturated rings. The quantitative estimate of drug-likeness (QED) is 0.384. The summed E-state index contributed by atoms with van der Waals surface area (Å²) in [4.78, 5) is 23.9. The highest BCUT2D eigenvalue weighted by molar-refractivity contribution is 6.35. The molecule has 2 aromatic rings. The number of carbonyl (C=O) groups is 2. The number of phenolic OH excluding ortho intramolecular Hbond substituents is 1. The van der Waals surface area contributed by atoms with Crippen LogP contribution in [0.1, 0.15) is 31.0 Å². The maximum atomic E-state index is 12.0. The van der Waals surface area contributed by atoms with E-state index in [4.69, 9.17) is 9.47 Å². The smallest absolute Gasteiger partial charge is 0.329 e. The number of hydrazone groups is 1. The number of amides is 2. The van der Waals surface area contributed by atoms with Crippen LogP contribution in [0.5, 0.6) is 17.2 Å². The molecule has 2 rings (SSSR count). The Morgan fingerprint density at radius 2 is 1.89 bits per heavy atom. The van der Waals surface area contributed by atoms with Crippen molar-refractivity contribution in [2.45, 2.75) is 19.9 Å². The van der Waals surface area contributed by atoms with Crippen LogP contribution in [-0.2, 0) is 9.59 Å². The molecule has 0 radical (unpaired) electrons. The van der Waals surface area contributed by atoms with E-state index in [0.29, 0.717) is 23.7 Å². The number of aromatic hydroxyl groups is 1. The topological polar surface area (TPSA) is 109 Å². The minimum atomic E-state index is -0.888. The minimum absolute atomic E-state index is 0.00920. The number of rotatable bonds is 7. The predicted molar refractivity (Wildman–Crippen MR) is 105 cm³/mol. The third-order valence-electron chi connectivity index (χ3n) is 3.83. The number of phenols is 1. The predicted octanol–water partition coefficient (Wildman–Crippen LogP) is 2.13. The van der Waals surface area contributed by atoms with Crippen molar-refractivity contribution in [3.63, 3.8) is 0 Å². The Morgan fingerprint density at radius 1 is 1.18 bits per heavy atom. The molecule has 8 nitrogen and oxygen atoms in total. The summed E-state index contributed by atoms with van der Waals surface area (Å²) >= 11 is 0. The monoisotopic (exact) mass is 385 g/mol. The average Bonchev–Trinajstić information content (AvgIpc) is 2.70. The summed E-state index contributed by atoms with van der Waals surface area (Å²) in [5, 5.41) is 16.0. The van der Waals surface area contributed by atoms with Gasteiger partial charge in [-0.3, -0.25) is 9.59 Å². The third kappa shape index (κ3) is 5.73. The Balaban J connectivity index is 1.90. The first-order valence-electron chi connectivity index (χ1n) is 8.68. The molecule has 1 atom stereocenters. The third-order valence-corrected chi connectivity index (χ3v) is 3.83. The lowest BCUT2D eigenvalue weighted by atomic mass is 10.1. The normalized spacial score (nSPS) is 11.7.